The van der Waals surface area contributed by atoms with Gasteiger partial charge in [0.1, 0.15) is 30.5 Å². The first-order valence-electron chi connectivity index (χ1n) is 8.07. The number of carbonyl (C=O) groups is 1. The fraction of sp³-hybridized carbons (Fsp3) is 0.933. The van der Waals surface area contributed by atoms with Gasteiger partial charge in [0.15, 0.2) is 6.29 Å². The van der Waals surface area contributed by atoms with Gasteiger partial charge in [-0.2, -0.15) is 0 Å². The summed E-state index contributed by atoms with van der Waals surface area (Å²) in [6.07, 6.45) is 1.83. The van der Waals surface area contributed by atoms with Crippen molar-refractivity contribution in [2.45, 2.75) is 80.8 Å². The Morgan fingerprint density at radius 3 is 2.45 bits per heavy atom. The molecule has 0 aliphatic carbocycles. The van der Waals surface area contributed by atoms with E-state index in [1.54, 1.807) is 0 Å². The molecule has 6 aliphatic heterocycles. The lowest BCUT2D eigenvalue weighted by atomic mass is 9.87. The summed E-state index contributed by atoms with van der Waals surface area (Å²) in [6.45, 7) is 0. The van der Waals surface area contributed by atoms with E-state index in [9.17, 15) is 4.79 Å². The van der Waals surface area contributed by atoms with Crippen LogP contribution in [0.1, 0.15) is 25.7 Å². The van der Waals surface area contributed by atoms with Gasteiger partial charge in [0.2, 0.25) is 0 Å². The van der Waals surface area contributed by atoms with Crippen LogP contribution >= 0.6 is 0 Å². The number of fused-ring (bicyclic) bond motifs is 1. The lowest BCUT2D eigenvalue weighted by Gasteiger charge is -2.46. The molecule has 122 valence electrons. The van der Waals surface area contributed by atoms with Crippen molar-refractivity contribution in [2.75, 3.05) is 7.11 Å². The van der Waals surface area contributed by atoms with Gasteiger partial charge in [0.05, 0.1) is 31.8 Å². The molecule has 0 aromatic rings. The molecular weight excluding hydrogens is 292 g/mol. The third-order valence-electron chi connectivity index (χ3n) is 5.48. The fourth-order valence-electron chi connectivity index (χ4n) is 4.50. The molecule has 6 bridgehead atoms. The molecule has 6 aliphatic rings. The van der Waals surface area contributed by atoms with E-state index in [2.05, 4.69) is 0 Å². The molecule has 0 saturated carbocycles. The Hall–Kier alpha value is -0.730. The first-order chi connectivity index (χ1) is 10.7. The quantitative estimate of drug-likeness (QED) is 0.672. The molecule has 0 N–H and O–H groups in total. The van der Waals surface area contributed by atoms with E-state index in [1.807, 2.05) is 0 Å². The molecule has 0 amide bonds. The van der Waals surface area contributed by atoms with E-state index < -0.39 is 0 Å². The second kappa shape index (κ2) is 4.88. The van der Waals surface area contributed by atoms with Crippen molar-refractivity contribution >= 4 is 5.97 Å². The molecule has 22 heavy (non-hydrogen) atoms. The Kier molecular flexibility index (Phi) is 3.04. The molecule has 6 heterocycles. The zero-order valence-corrected chi connectivity index (χ0v) is 12.4. The van der Waals surface area contributed by atoms with Crippen LogP contribution in [0.4, 0.5) is 0 Å². The summed E-state index contributed by atoms with van der Waals surface area (Å²) in [5.41, 5.74) is 0. The van der Waals surface area contributed by atoms with Crippen molar-refractivity contribution in [3.05, 3.63) is 0 Å². The molecule has 0 unspecified atom stereocenters. The molecule has 9 atom stereocenters. The summed E-state index contributed by atoms with van der Waals surface area (Å²) >= 11 is 0. The minimum Gasteiger partial charge on any atom is -0.469 e. The highest BCUT2D eigenvalue weighted by molar-refractivity contribution is 5.69. The van der Waals surface area contributed by atoms with E-state index >= 15 is 0 Å². The maximum absolute atomic E-state index is 11.5. The predicted molar refractivity (Wildman–Crippen MR) is 70.0 cm³/mol. The Morgan fingerprint density at radius 2 is 1.59 bits per heavy atom. The monoisotopic (exact) mass is 312 g/mol. The van der Waals surface area contributed by atoms with Crippen LogP contribution in [-0.4, -0.2) is 68.2 Å². The van der Waals surface area contributed by atoms with E-state index in [1.165, 1.54) is 7.11 Å². The number of ether oxygens (including phenoxy) is 6. The highest BCUT2D eigenvalue weighted by Crippen LogP contribution is 2.48. The standard InChI is InChI=1S/C15H20O7/c1-17-9(16)4-6-2-3-7-11(18-6)14-15-13(19-7)12-8(20-15)5-10(21-12)22-14/h6-8,10-15H,2-5H2,1H3/t6-,7+,8+,10+,11+,12+,13+,14+,15-/m1/s1. The maximum Gasteiger partial charge on any atom is 0.308 e. The van der Waals surface area contributed by atoms with Gasteiger partial charge >= 0.3 is 5.97 Å². The zero-order valence-electron chi connectivity index (χ0n) is 12.4. The number of hydrogen-bond donors (Lipinski definition) is 0. The summed E-state index contributed by atoms with van der Waals surface area (Å²) in [6, 6.07) is 0. The minimum absolute atomic E-state index is 0.00579. The van der Waals surface area contributed by atoms with Gasteiger partial charge in [-0.25, -0.2) is 0 Å². The van der Waals surface area contributed by atoms with Gasteiger partial charge in [-0.1, -0.05) is 0 Å². The van der Waals surface area contributed by atoms with E-state index in [0.717, 1.165) is 19.3 Å². The molecule has 7 nitrogen and oxygen atoms in total. The molecule has 0 spiro atoms. The molecule has 6 rings (SSSR count). The van der Waals surface area contributed by atoms with Crippen molar-refractivity contribution in [3.8, 4) is 0 Å². The molecule has 0 radical (unpaired) electrons. The highest BCUT2D eigenvalue weighted by Gasteiger charge is 2.64. The zero-order chi connectivity index (χ0) is 14.8. The van der Waals surface area contributed by atoms with Crippen LogP contribution in [0.25, 0.3) is 0 Å². The Morgan fingerprint density at radius 1 is 0.909 bits per heavy atom. The van der Waals surface area contributed by atoms with Crippen LogP contribution in [0.3, 0.4) is 0 Å². The van der Waals surface area contributed by atoms with Crippen LogP contribution in [0.2, 0.25) is 0 Å². The largest absolute Gasteiger partial charge is 0.469 e. The minimum atomic E-state index is -0.248. The number of rotatable bonds is 2. The van der Waals surface area contributed by atoms with Crippen molar-refractivity contribution in [3.63, 3.8) is 0 Å². The van der Waals surface area contributed by atoms with Gasteiger partial charge in [-0.3, -0.25) is 4.79 Å². The SMILES string of the molecule is COC(=O)C[C@H]1CC[C@@H]2O[C@@H]3[C@H]4O[C@H]5C[C@H](O[C@H]4[C@H]2O1)O[C@H]35. The van der Waals surface area contributed by atoms with Crippen LogP contribution in [0, 0.1) is 0 Å². The average Bonchev–Trinajstić information content (AvgIpc) is 2.93. The topological polar surface area (TPSA) is 72.5 Å². The summed E-state index contributed by atoms with van der Waals surface area (Å²) in [5, 5.41) is 0. The smallest absolute Gasteiger partial charge is 0.308 e. The average molecular weight is 312 g/mol. The van der Waals surface area contributed by atoms with Gasteiger partial charge in [-0.15, -0.1) is 0 Å². The molecule has 0 aromatic heterocycles. The summed E-state index contributed by atoms with van der Waals surface area (Å²) < 4.78 is 35.2. The second-order valence-electron chi connectivity index (χ2n) is 6.73. The van der Waals surface area contributed by atoms with Gasteiger partial charge in [-0.05, 0) is 12.8 Å². The lowest BCUT2D eigenvalue weighted by molar-refractivity contribution is -0.265. The molecular formula is C15H20O7. The Labute approximate surface area is 128 Å². The normalized spacial score (nSPS) is 54.9. The van der Waals surface area contributed by atoms with E-state index in [4.69, 9.17) is 28.4 Å². The molecule has 0 aromatic carbocycles. The molecule has 6 fully saturated rings. The van der Waals surface area contributed by atoms with Crippen molar-refractivity contribution in [1.29, 1.82) is 0 Å². The van der Waals surface area contributed by atoms with Crippen LogP contribution < -0.4 is 0 Å². The Bertz CT molecular complexity index is 483. The van der Waals surface area contributed by atoms with Gasteiger partial charge in [0, 0.05) is 6.42 Å². The van der Waals surface area contributed by atoms with Crippen LogP contribution in [-0.2, 0) is 33.2 Å². The van der Waals surface area contributed by atoms with Crippen LogP contribution in [0.5, 0.6) is 0 Å². The number of carbonyl (C=O) groups excluding carboxylic acids is 1. The third-order valence-corrected chi connectivity index (χ3v) is 5.48. The summed E-state index contributed by atoms with van der Waals surface area (Å²) in [4.78, 5) is 11.5. The van der Waals surface area contributed by atoms with Crippen molar-refractivity contribution in [2.24, 2.45) is 0 Å². The van der Waals surface area contributed by atoms with Crippen molar-refractivity contribution < 1.29 is 33.2 Å². The highest BCUT2D eigenvalue weighted by atomic mass is 16.8. The molecule has 6 saturated heterocycles. The first kappa shape index (κ1) is 13.7. The van der Waals surface area contributed by atoms with Gasteiger partial charge in [0.25, 0.3) is 0 Å². The summed E-state index contributed by atoms with van der Waals surface area (Å²) in [5.74, 6) is -0.248. The Balaban J connectivity index is 1.37. The third kappa shape index (κ3) is 1.89. The number of hydrogen-bond acceptors (Lipinski definition) is 7. The maximum atomic E-state index is 11.5. The number of methoxy groups -OCH3 is 1. The lowest BCUT2D eigenvalue weighted by Crippen LogP contribution is -2.61. The second-order valence-corrected chi connectivity index (χ2v) is 6.73. The first-order valence-corrected chi connectivity index (χ1v) is 8.07. The van der Waals surface area contributed by atoms with Crippen molar-refractivity contribution in [1.82, 2.24) is 0 Å². The number of esters is 1. The van der Waals surface area contributed by atoms with E-state index in [0.29, 0.717) is 0 Å². The molecule has 7 heteroatoms. The summed E-state index contributed by atoms with van der Waals surface area (Å²) in [7, 11) is 1.40. The van der Waals surface area contributed by atoms with E-state index in [-0.39, 0.29) is 67.5 Å². The predicted octanol–water partition coefficient (Wildman–Crippen LogP) is 0.146. The van der Waals surface area contributed by atoms with Gasteiger partial charge < -0.3 is 28.4 Å². The van der Waals surface area contributed by atoms with Crippen LogP contribution in [0.15, 0.2) is 0 Å². The fourth-order valence-corrected chi connectivity index (χ4v) is 4.50.